The van der Waals surface area contributed by atoms with E-state index < -0.39 is 0 Å². The third kappa shape index (κ3) is 3.15. The molecule has 0 bridgehead atoms. The minimum absolute atomic E-state index is 0. The molecule has 1 saturated carbocycles. The zero-order valence-electron chi connectivity index (χ0n) is 10.1. The molecular formula is C15H16BrNS. The molecule has 0 unspecified atom stereocenters. The lowest BCUT2D eigenvalue weighted by Crippen LogP contribution is -1.93. The van der Waals surface area contributed by atoms with Crippen LogP contribution in [-0.4, -0.2) is 5.04 Å². The van der Waals surface area contributed by atoms with Gasteiger partial charge in [0.05, 0.1) is 5.04 Å². The fourth-order valence-electron chi connectivity index (χ4n) is 1.95. The molecule has 0 saturated heterocycles. The van der Waals surface area contributed by atoms with Gasteiger partial charge in [0.15, 0.2) is 0 Å². The highest BCUT2D eigenvalue weighted by atomic mass is 79.9. The molecule has 0 amide bonds. The maximum atomic E-state index is 7.88. The standard InChI is InChI=1S/C15H15NS.BrH/c16-15(13-7-8-13)17-10-11-5-6-12-3-1-2-4-14(12)9-11;/h1-6,9,13,16H,7-8,10H2;1H. The molecule has 18 heavy (non-hydrogen) atoms. The summed E-state index contributed by atoms with van der Waals surface area (Å²) in [4.78, 5) is 0. The molecule has 2 aromatic carbocycles. The Morgan fingerprint density at radius 3 is 2.56 bits per heavy atom. The average molecular weight is 322 g/mol. The molecule has 0 heterocycles. The van der Waals surface area contributed by atoms with Crippen molar-refractivity contribution in [1.82, 2.24) is 0 Å². The lowest BCUT2D eigenvalue weighted by Gasteiger charge is -2.04. The second-order valence-electron chi connectivity index (χ2n) is 4.61. The van der Waals surface area contributed by atoms with Crippen LogP contribution in [0, 0.1) is 11.3 Å². The number of nitrogens with one attached hydrogen (secondary N) is 1. The van der Waals surface area contributed by atoms with Crippen molar-refractivity contribution in [2.24, 2.45) is 5.92 Å². The fourth-order valence-corrected chi connectivity index (χ4v) is 2.93. The Morgan fingerprint density at radius 1 is 1.11 bits per heavy atom. The van der Waals surface area contributed by atoms with Gasteiger partial charge < -0.3 is 0 Å². The first-order valence-corrected chi connectivity index (χ1v) is 7.00. The molecule has 2 aromatic rings. The van der Waals surface area contributed by atoms with Crippen molar-refractivity contribution in [2.75, 3.05) is 0 Å². The maximum Gasteiger partial charge on any atom is 0.0675 e. The third-order valence-electron chi connectivity index (χ3n) is 3.16. The number of halogens is 1. The molecule has 1 aliphatic carbocycles. The summed E-state index contributed by atoms with van der Waals surface area (Å²) in [6, 6.07) is 15.0. The molecule has 0 radical (unpaired) electrons. The predicted molar refractivity (Wildman–Crippen MR) is 86.0 cm³/mol. The van der Waals surface area contributed by atoms with Crippen LogP contribution in [0.4, 0.5) is 0 Å². The number of rotatable bonds is 3. The van der Waals surface area contributed by atoms with Gasteiger partial charge in [-0.05, 0) is 29.2 Å². The van der Waals surface area contributed by atoms with Gasteiger partial charge in [0.1, 0.15) is 0 Å². The van der Waals surface area contributed by atoms with Gasteiger partial charge in [0.2, 0.25) is 0 Å². The van der Waals surface area contributed by atoms with Crippen LogP contribution in [0.15, 0.2) is 42.5 Å². The quantitative estimate of drug-likeness (QED) is 0.621. The first kappa shape index (κ1) is 13.6. The second-order valence-corrected chi connectivity index (χ2v) is 5.63. The van der Waals surface area contributed by atoms with Crippen LogP contribution >= 0.6 is 28.7 Å². The van der Waals surface area contributed by atoms with Crippen molar-refractivity contribution in [3.8, 4) is 0 Å². The van der Waals surface area contributed by atoms with Crippen molar-refractivity contribution in [3.05, 3.63) is 48.0 Å². The number of hydrogen-bond acceptors (Lipinski definition) is 2. The minimum Gasteiger partial charge on any atom is -0.298 e. The van der Waals surface area contributed by atoms with Gasteiger partial charge in [-0.25, -0.2) is 0 Å². The molecular weight excluding hydrogens is 306 g/mol. The Labute approximate surface area is 122 Å². The van der Waals surface area contributed by atoms with Crippen LogP contribution in [0.2, 0.25) is 0 Å². The first-order chi connectivity index (χ1) is 8.33. The minimum atomic E-state index is 0. The Bertz CT molecular complexity index is 563. The van der Waals surface area contributed by atoms with Crippen molar-refractivity contribution >= 4 is 44.6 Å². The second kappa shape index (κ2) is 5.89. The fraction of sp³-hybridized carbons (Fsp3) is 0.267. The number of fused-ring (bicyclic) bond motifs is 1. The summed E-state index contributed by atoms with van der Waals surface area (Å²) in [5, 5.41) is 11.3. The molecule has 3 rings (SSSR count). The summed E-state index contributed by atoms with van der Waals surface area (Å²) in [7, 11) is 0. The van der Waals surface area contributed by atoms with E-state index in [-0.39, 0.29) is 17.0 Å². The van der Waals surface area contributed by atoms with Gasteiger partial charge >= 0.3 is 0 Å². The van der Waals surface area contributed by atoms with Crippen LogP contribution in [0.3, 0.4) is 0 Å². The van der Waals surface area contributed by atoms with Gasteiger partial charge in [-0.1, -0.05) is 42.5 Å². The van der Waals surface area contributed by atoms with Crippen LogP contribution < -0.4 is 0 Å². The highest BCUT2D eigenvalue weighted by molar-refractivity contribution is 8.93. The molecule has 0 atom stereocenters. The lowest BCUT2D eigenvalue weighted by atomic mass is 10.1. The molecule has 0 spiro atoms. The summed E-state index contributed by atoms with van der Waals surface area (Å²) in [6.45, 7) is 0. The summed E-state index contributed by atoms with van der Waals surface area (Å²) in [5.74, 6) is 1.51. The maximum absolute atomic E-state index is 7.88. The third-order valence-corrected chi connectivity index (χ3v) is 4.28. The van der Waals surface area contributed by atoms with E-state index in [1.165, 1.54) is 29.2 Å². The topological polar surface area (TPSA) is 23.9 Å². The van der Waals surface area contributed by atoms with Gasteiger partial charge in [-0.3, -0.25) is 5.41 Å². The Balaban J connectivity index is 0.00000120. The van der Waals surface area contributed by atoms with E-state index >= 15 is 0 Å². The van der Waals surface area contributed by atoms with Crippen LogP contribution in [0.5, 0.6) is 0 Å². The molecule has 1 nitrogen and oxygen atoms in total. The van der Waals surface area contributed by atoms with Gasteiger partial charge in [0, 0.05) is 11.7 Å². The molecule has 1 fully saturated rings. The Morgan fingerprint density at radius 2 is 1.83 bits per heavy atom. The van der Waals surface area contributed by atoms with Crippen LogP contribution in [0.1, 0.15) is 18.4 Å². The van der Waals surface area contributed by atoms with E-state index in [9.17, 15) is 0 Å². The van der Waals surface area contributed by atoms with Crippen LogP contribution in [-0.2, 0) is 5.75 Å². The number of benzene rings is 2. The SMILES string of the molecule is Br.N=C(SCc1ccc2ccccc2c1)C1CC1. The van der Waals surface area contributed by atoms with E-state index in [1.807, 2.05) is 0 Å². The van der Waals surface area contributed by atoms with E-state index in [2.05, 4.69) is 42.5 Å². The van der Waals surface area contributed by atoms with Gasteiger partial charge in [0.25, 0.3) is 0 Å². The van der Waals surface area contributed by atoms with Gasteiger partial charge in [-0.2, -0.15) is 0 Å². The van der Waals surface area contributed by atoms with E-state index in [0.29, 0.717) is 5.92 Å². The molecule has 0 aliphatic heterocycles. The van der Waals surface area contributed by atoms with E-state index in [4.69, 9.17) is 5.41 Å². The molecule has 1 aliphatic rings. The van der Waals surface area contributed by atoms with Crippen LogP contribution in [0.25, 0.3) is 10.8 Å². The summed E-state index contributed by atoms with van der Waals surface area (Å²) < 4.78 is 0. The number of hydrogen-bond donors (Lipinski definition) is 1. The summed E-state index contributed by atoms with van der Waals surface area (Å²) in [6.07, 6.45) is 2.45. The van der Waals surface area contributed by atoms with Gasteiger partial charge in [-0.15, -0.1) is 28.7 Å². The Kier molecular flexibility index (Phi) is 4.46. The van der Waals surface area contributed by atoms with E-state index in [1.54, 1.807) is 11.8 Å². The van der Waals surface area contributed by atoms with Crippen molar-refractivity contribution in [2.45, 2.75) is 18.6 Å². The Hall–Kier alpha value is -0.800. The predicted octanol–water partition coefficient (Wildman–Crippen LogP) is 5.04. The zero-order valence-corrected chi connectivity index (χ0v) is 12.6. The zero-order chi connectivity index (χ0) is 11.7. The van der Waals surface area contributed by atoms with Crippen molar-refractivity contribution in [1.29, 1.82) is 5.41 Å². The average Bonchev–Trinajstić information content (AvgIpc) is 3.20. The molecule has 94 valence electrons. The summed E-state index contributed by atoms with van der Waals surface area (Å²) >= 11 is 1.69. The van der Waals surface area contributed by atoms with Crippen molar-refractivity contribution in [3.63, 3.8) is 0 Å². The highest BCUT2D eigenvalue weighted by Gasteiger charge is 2.26. The lowest BCUT2D eigenvalue weighted by molar-refractivity contribution is 1.20. The smallest absolute Gasteiger partial charge is 0.0675 e. The largest absolute Gasteiger partial charge is 0.298 e. The number of thioether (sulfide) groups is 1. The molecule has 3 heteroatoms. The van der Waals surface area contributed by atoms with E-state index in [0.717, 1.165) is 10.8 Å². The first-order valence-electron chi connectivity index (χ1n) is 6.02. The van der Waals surface area contributed by atoms with Crippen molar-refractivity contribution < 1.29 is 0 Å². The summed E-state index contributed by atoms with van der Waals surface area (Å²) in [5.41, 5.74) is 1.32. The molecule has 0 aromatic heterocycles. The highest BCUT2D eigenvalue weighted by Crippen LogP contribution is 2.35. The molecule has 1 N–H and O–H groups in total. The normalized spacial score (nSPS) is 14.2. The monoisotopic (exact) mass is 321 g/mol.